The van der Waals surface area contributed by atoms with Gasteiger partial charge in [0.05, 0.1) is 19.9 Å². The normalized spacial score (nSPS) is 10.6. The van der Waals surface area contributed by atoms with Gasteiger partial charge in [0.25, 0.3) is 5.91 Å². The van der Waals surface area contributed by atoms with E-state index in [0.717, 1.165) is 28.0 Å². The summed E-state index contributed by atoms with van der Waals surface area (Å²) in [5.41, 5.74) is 8.67. The van der Waals surface area contributed by atoms with Crippen LogP contribution >= 0.6 is 11.3 Å². The van der Waals surface area contributed by atoms with E-state index in [1.165, 1.54) is 14.2 Å². The molecule has 9 heteroatoms. The Balaban J connectivity index is 1.69. The topological polar surface area (TPSA) is 113 Å². The van der Waals surface area contributed by atoms with Crippen molar-refractivity contribution in [3.63, 3.8) is 0 Å². The molecule has 2 heterocycles. The van der Waals surface area contributed by atoms with Crippen molar-refractivity contribution in [1.29, 1.82) is 0 Å². The zero-order chi connectivity index (χ0) is 21.1. The summed E-state index contributed by atoms with van der Waals surface area (Å²) < 4.78 is 15.5. The number of aromatic nitrogens is 1. The fourth-order valence-corrected chi connectivity index (χ4v) is 4.00. The lowest BCUT2D eigenvalue weighted by atomic mass is 10.1. The number of nitrogen functional groups attached to an aromatic ring is 1. The third kappa shape index (κ3) is 4.40. The molecule has 0 aliphatic rings. The zero-order valence-corrected chi connectivity index (χ0v) is 17.3. The molecule has 0 atom stereocenters. The predicted octanol–water partition coefficient (Wildman–Crippen LogP) is 3.31. The summed E-state index contributed by atoms with van der Waals surface area (Å²) >= 11 is 1.15. The molecule has 152 valence electrons. The maximum Gasteiger partial charge on any atom is 0.351 e. The van der Waals surface area contributed by atoms with Crippen LogP contribution in [0.5, 0.6) is 11.5 Å². The lowest BCUT2D eigenvalue weighted by molar-refractivity contribution is -0.119. The molecule has 3 rings (SSSR count). The van der Waals surface area contributed by atoms with Gasteiger partial charge < -0.3 is 25.3 Å². The largest absolute Gasteiger partial charge is 0.497 e. The van der Waals surface area contributed by atoms with E-state index in [1.54, 1.807) is 18.2 Å². The van der Waals surface area contributed by atoms with Gasteiger partial charge in [-0.2, -0.15) is 0 Å². The molecule has 0 bridgehead atoms. The number of methoxy groups -OCH3 is 2. The number of amides is 1. The Labute approximate surface area is 171 Å². The SMILES string of the molecule is COc1cc(NC(=O)COC(=O)c2sc3nc(C)cc(C)c3c2N)cc(OC)c1. The van der Waals surface area contributed by atoms with Crippen molar-refractivity contribution in [2.45, 2.75) is 13.8 Å². The number of thiophene rings is 1. The molecular formula is C20H21N3O5S. The number of pyridine rings is 1. The number of nitrogens with one attached hydrogen (secondary N) is 1. The highest BCUT2D eigenvalue weighted by molar-refractivity contribution is 7.21. The Bertz CT molecular complexity index is 1070. The molecular weight excluding hydrogens is 394 g/mol. The molecule has 3 aromatic rings. The number of nitrogens with two attached hydrogens (primary N) is 1. The minimum absolute atomic E-state index is 0.233. The first-order valence-electron chi connectivity index (χ1n) is 8.68. The van der Waals surface area contributed by atoms with Gasteiger partial charge in [-0.3, -0.25) is 4.79 Å². The Morgan fingerprint density at radius 2 is 1.76 bits per heavy atom. The molecule has 3 N–H and O–H groups in total. The Morgan fingerprint density at radius 1 is 1.10 bits per heavy atom. The number of hydrogen-bond acceptors (Lipinski definition) is 8. The van der Waals surface area contributed by atoms with Crippen LogP contribution in [0, 0.1) is 13.8 Å². The van der Waals surface area contributed by atoms with Crippen molar-refractivity contribution >= 4 is 44.8 Å². The lowest BCUT2D eigenvalue weighted by Gasteiger charge is -2.10. The fourth-order valence-electron chi connectivity index (χ4n) is 2.89. The number of carbonyl (C=O) groups excluding carboxylic acids is 2. The van der Waals surface area contributed by atoms with E-state index in [0.29, 0.717) is 27.7 Å². The summed E-state index contributed by atoms with van der Waals surface area (Å²) in [7, 11) is 3.02. The number of ether oxygens (including phenoxy) is 3. The van der Waals surface area contributed by atoms with Crippen molar-refractivity contribution in [3.8, 4) is 11.5 Å². The van der Waals surface area contributed by atoms with Crippen molar-refractivity contribution in [2.75, 3.05) is 31.9 Å². The van der Waals surface area contributed by atoms with Crippen molar-refractivity contribution in [3.05, 3.63) is 40.4 Å². The van der Waals surface area contributed by atoms with E-state index < -0.39 is 18.5 Å². The first-order chi connectivity index (χ1) is 13.8. The molecule has 1 aromatic carbocycles. The molecule has 0 spiro atoms. The first-order valence-corrected chi connectivity index (χ1v) is 9.50. The average molecular weight is 415 g/mol. The second-order valence-electron chi connectivity index (χ2n) is 6.33. The van der Waals surface area contributed by atoms with E-state index in [4.69, 9.17) is 19.9 Å². The van der Waals surface area contributed by atoms with Crippen molar-refractivity contribution < 1.29 is 23.8 Å². The zero-order valence-electron chi connectivity index (χ0n) is 16.5. The maximum absolute atomic E-state index is 12.4. The van der Waals surface area contributed by atoms with E-state index >= 15 is 0 Å². The molecule has 0 aliphatic carbocycles. The van der Waals surface area contributed by atoms with Gasteiger partial charge in [0.1, 0.15) is 21.2 Å². The van der Waals surface area contributed by atoms with Crippen LogP contribution in [0.2, 0.25) is 0 Å². The van der Waals surface area contributed by atoms with Gasteiger partial charge in [0.15, 0.2) is 6.61 Å². The van der Waals surface area contributed by atoms with Gasteiger partial charge in [0, 0.05) is 35.0 Å². The molecule has 0 unspecified atom stereocenters. The molecule has 0 saturated heterocycles. The monoisotopic (exact) mass is 415 g/mol. The fraction of sp³-hybridized carbons (Fsp3) is 0.250. The number of esters is 1. The number of hydrogen-bond donors (Lipinski definition) is 2. The standard InChI is InChI=1S/C20H21N3O5S/c1-10-5-11(2)22-19-16(10)17(21)18(29-19)20(25)28-9-15(24)23-12-6-13(26-3)8-14(7-12)27-4/h5-8H,9,21H2,1-4H3,(H,23,24). The van der Waals surface area contributed by atoms with Crippen LogP contribution in [-0.4, -0.2) is 37.7 Å². The quantitative estimate of drug-likeness (QED) is 0.594. The molecule has 8 nitrogen and oxygen atoms in total. The van der Waals surface area contributed by atoms with Crippen LogP contribution in [0.15, 0.2) is 24.3 Å². The van der Waals surface area contributed by atoms with Gasteiger partial charge in [-0.1, -0.05) is 0 Å². The highest BCUT2D eigenvalue weighted by Gasteiger charge is 2.21. The number of rotatable bonds is 6. The summed E-state index contributed by atoms with van der Waals surface area (Å²) in [5.74, 6) is -0.125. The van der Waals surface area contributed by atoms with E-state index in [2.05, 4.69) is 10.3 Å². The molecule has 1 amide bonds. The van der Waals surface area contributed by atoms with Gasteiger partial charge in [-0.25, -0.2) is 9.78 Å². The minimum Gasteiger partial charge on any atom is -0.497 e. The van der Waals surface area contributed by atoms with Crippen LogP contribution in [0.3, 0.4) is 0 Å². The Morgan fingerprint density at radius 3 is 2.38 bits per heavy atom. The number of anilines is 2. The van der Waals surface area contributed by atoms with Gasteiger partial charge in [-0.15, -0.1) is 11.3 Å². The van der Waals surface area contributed by atoms with Crippen LogP contribution in [0.1, 0.15) is 20.9 Å². The number of nitrogens with zero attached hydrogens (tertiary/aromatic N) is 1. The molecule has 0 fully saturated rings. The van der Waals surface area contributed by atoms with Gasteiger partial charge in [-0.05, 0) is 25.5 Å². The Kier molecular flexibility index (Phi) is 5.88. The van der Waals surface area contributed by atoms with E-state index in [1.807, 2.05) is 19.9 Å². The van der Waals surface area contributed by atoms with E-state index in [-0.39, 0.29) is 4.88 Å². The summed E-state index contributed by atoms with van der Waals surface area (Å²) in [6.07, 6.45) is 0. The van der Waals surface area contributed by atoms with Crippen molar-refractivity contribution in [1.82, 2.24) is 4.98 Å². The van der Waals surface area contributed by atoms with Gasteiger partial charge in [0.2, 0.25) is 0 Å². The smallest absolute Gasteiger partial charge is 0.351 e. The third-order valence-corrected chi connectivity index (χ3v) is 5.26. The first kappa shape index (κ1) is 20.4. The lowest BCUT2D eigenvalue weighted by Crippen LogP contribution is -2.21. The number of aryl methyl sites for hydroxylation is 2. The predicted molar refractivity (Wildman–Crippen MR) is 112 cm³/mol. The summed E-state index contributed by atoms with van der Waals surface area (Å²) in [5, 5.41) is 3.38. The highest BCUT2D eigenvalue weighted by Crippen LogP contribution is 2.35. The highest BCUT2D eigenvalue weighted by atomic mass is 32.1. The van der Waals surface area contributed by atoms with Crippen molar-refractivity contribution in [2.24, 2.45) is 0 Å². The third-order valence-electron chi connectivity index (χ3n) is 4.18. The van der Waals surface area contributed by atoms with Crippen LogP contribution in [0.4, 0.5) is 11.4 Å². The van der Waals surface area contributed by atoms with Gasteiger partial charge >= 0.3 is 5.97 Å². The molecule has 0 aliphatic heterocycles. The summed E-state index contributed by atoms with van der Waals surface area (Å²) in [6.45, 7) is 3.32. The van der Waals surface area contributed by atoms with E-state index in [9.17, 15) is 9.59 Å². The minimum atomic E-state index is -0.666. The summed E-state index contributed by atoms with van der Waals surface area (Å²) in [6, 6.07) is 6.83. The average Bonchev–Trinajstić information content (AvgIpc) is 3.02. The number of carbonyl (C=O) groups is 2. The Hall–Kier alpha value is -3.33. The number of benzene rings is 1. The maximum atomic E-state index is 12.4. The molecule has 2 aromatic heterocycles. The number of fused-ring (bicyclic) bond motifs is 1. The second-order valence-corrected chi connectivity index (χ2v) is 7.33. The van der Waals surface area contributed by atoms with Crippen LogP contribution < -0.4 is 20.5 Å². The van der Waals surface area contributed by atoms with Crippen LogP contribution in [-0.2, 0) is 9.53 Å². The van der Waals surface area contributed by atoms with Crippen LogP contribution in [0.25, 0.3) is 10.2 Å². The second kappa shape index (κ2) is 8.36. The summed E-state index contributed by atoms with van der Waals surface area (Å²) in [4.78, 5) is 30.0. The molecule has 29 heavy (non-hydrogen) atoms. The molecule has 0 radical (unpaired) electrons. The molecule has 0 saturated carbocycles.